The van der Waals surface area contributed by atoms with Gasteiger partial charge in [-0.15, -0.1) is 24.0 Å². The number of rotatable bonds is 7. The van der Waals surface area contributed by atoms with Gasteiger partial charge in [-0.05, 0) is 59.0 Å². The maximum absolute atomic E-state index is 4.70. The van der Waals surface area contributed by atoms with Gasteiger partial charge >= 0.3 is 0 Å². The fourth-order valence-electron chi connectivity index (χ4n) is 2.52. The zero-order valence-electron chi connectivity index (χ0n) is 15.5. The van der Waals surface area contributed by atoms with Crippen molar-refractivity contribution in [1.29, 1.82) is 0 Å². The van der Waals surface area contributed by atoms with Gasteiger partial charge in [-0.2, -0.15) is 16.4 Å². The molecule has 0 saturated heterocycles. The van der Waals surface area contributed by atoms with Gasteiger partial charge in [0.05, 0.1) is 6.54 Å². The van der Waals surface area contributed by atoms with Gasteiger partial charge in [-0.3, -0.25) is 0 Å². The van der Waals surface area contributed by atoms with E-state index >= 15 is 0 Å². The van der Waals surface area contributed by atoms with Gasteiger partial charge in [0.25, 0.3) is 0 Å². The van der Waals surface area contributed by atoms with Crippen molar-refractivity contribution >= 4 is 41.3 Å². The molecule has 2 N–H and O–H groups in total. The van der Waals surface area contributed by atoms with E-state index < -0.39 is 0 Å². The Morgan fingerprint density at radius 2 is 2.19 bits per heavy atom. The van der Waals surface area contributed by atoms with E-state index in [4.69, 9.17) is 4.99 Å². The van der Waals surface area contributed by atoms with Crippen molar-refractivity contribution in [1.82, 2.24) is 25.4 Å². The van der Waals surface area contributed by atoms with Gasteiger partial charge in [0.2, 0.25) is 0 Å². The molecule has 3 rings (SSSR count). The molecule has 0 amide bonds. The zero-order chi connectivity index (χ0) is 18.2. The van der Waals surface area contributed by atoms with Gasteiger partial charge in [-0.1, -0.05) is 6.92 Å². The quantitative estimate of drug-likeness (QED) is 0.297. The Balaban J connectivity index is 0.00000261. The lowest BCUT2D eigenvalue weighted by atomic mass is 10.1. The predicted octanol–water partition coefficient (Wildman–Crippen LogP) is 3.81. The molecule has 0 radical (unpaired) electrons. The molecule has 8 heteroatoms. The first-order valence-corrected chi connectivity index (χ1v) is 9.69. The number of guanidine groups is 1. The highest BCUT2D eigenvalue weighted by Gasteiger charge is 2.07. The van der Waals surface area contributed by atoms with Crippen LogP contribution in [0.1, 0.15) is 30.9 Å². The van der Waals surface area contributed by atoms with Gasteiger partial charge in [-0.25, -0.2) is 14.7 Å². The molecule has 3 aromatic rings. The number of nitrogens with one attached hydrogen (secondary N) is 2. The Hall–Kier alpha value is -1.94. The Morgan fingerprint density at radius 3 is 2.89 bits per heavy atom. The molecule has 27 heavy (non-hydrogen) atoms. The molecule has 0 aromatic carbocycles. The minimum Gasteiger partial charge on any atom is -0.357 e. The standard InChI is InChI=1S/C19H24N6S.HI/c1-3-20-19(22-12-15(2)17-6-10-26-14-17)23-13-16-5-8-21-18(11-16)25-9-4-7-24-25;/h4-11,14-15H,3,12-13H2,1-2H3,(H2,20,22,23);1H. The Bertz CT molecular complexity index is 817. The molecule has 0 saturated carbocycles. The van der Waals surface area contributed by atoms with E-state index in [2.05, 4.69) is 51.4 Å². The molecule has 0 aliphatic heterocycles. The van der Waals surface area contributed by atoms with E-state index in [9.17, 15) is 0 Å². The van der Waals surface area contributed by atoms with Crippen LogP contribution in [0.25, 0.3) is 5.82 Å². The van der Waals surface area contributed by atoms with Gasteiger partial charge < -0.3 is 10.6 Å². The second-order valence-corrected chi connectivity index (χ2v) is 6.79. The molecule has 0 bridgehead atoms. The summed E-state index contributed by atoms with van der Waals surface area (Å²) in [4.78, 5) is 9.05. The van der Waals surface area contributed by atoms with Crippen LogP contribution in [0.2, 0.25) is 0 Å². The summed E-state index contributed by atoms with van der Waals surface area (Å²) >= 11 is 1.73. The summed E-state index contributed by atoms with van der Waals surface area (Å²) in [5.74, 6) is 2.07. The number of halogens is 1. The summed E-state index contributed by atoms with van der Waals surface area (Å²) in [6, 6.07) is 8.05. The third kappa shape index (κ3) is 6.31. The van der Waals surface area contributed by atoms with Crippen LogP contribution in [0, 0.1) is 0 Å². The SMILES string of the molecule is CCNC(=NCc1ccnc(-n2cccn2)c1)NCC(C)c1ccsc1.I. The maximum Gasteiger partial charge on any atom is 0.191 e. The lowest BCUT2D eigenvalue weighted by Gasteiger charge is -2.15. The largest absolute Gasteiger partial charge is 0.357 e. The van der Waals surface area contributed by atoms with Crippen LogP contribution >= 0.6 is 35.3 Å². The predicted molar refractivity (Wildman–Crippen MR) is 122 cm³/mol. The zero-order valence-corrected chi connectivity index (χ0v) is 18.6. The van der Waals surface area contributed by atoms with E-state index in [1.54, 1.807) is 28.4 Å². The Kier molecular flexibility index (Phi) is 8.73. The maximum atomic E-state index is 4.70. The molecule has 1 atom stereocenters. The van der Waals surface area contributed by atoms with Gasteiger partial charge in [0.15, 0.2) is 11.8 Å². The fraction of sp³-hybridized carbons (Fsp3) is 0.316. The minimum absolute atomic E-state index is 0. The Labute approximate surface area is 181 Å². The van der Waals surface area contributed by atoms with Gasteiger partial charge in [0.1, 0.15) is 0 Å². The number of aromatic nitrogens is 3. The average molecular weight is 496 g/mol. The number of nitrogens with zero attached hydrogens (tertiary/aromatic N) is 4. The van der Waals surface area contributed by atoms with Crippen molar-refractivity contribution in [3.63, 3.8) is 0 Å². The highest BCUT2D eigenvalue weighted by atomic mass is 127. The van der Waals surface area contributed by atoms with Gasteiger partial charge in [0, 0.05) is 31.7 Å². The fourth-order valence-corrected chi connectivity index (χ4v) is 3.31. The second-order valence-electron chi connectivity index (χ2n) is 6.01. The van der Waals surface area contributed by atoms with Crippen LogP contribution in [-0.2, 0) is 6.54 Å². The lowest BCUT2D eigenvalue weighted by molar-refractivity contribution is 0.701. The number of hydrogen-bond donors (Lipinski definition) is 2. The van der Waals surface area contributed by atoms with Crippen molar-refractivity contribution in [2.75, 3.05) is 13.1 Å². The van der Waals surface area contributed by atoms with E-state index in [1.165, 1.54) is 5.56 Å². The summed E-state index contributed by atoms with van der Waals surface area (Å²) in [6.07, 6.45) is 5.42. The molecular formula is C19H25IN6S. The van der Waals surface area contributed by atoms with E-state index in [0.29, 0.717) is 12.5 Å². The van der Waals surface area contributed by atoms with Crippen molar-refractivity contribution in [2.24, 2.45) is 4.99 Å². The smallest absolute Gasteiger partial charge is 0.191 e. The molecule has 0 spiro atoms. The van der Waals surface area contributed by atoms with E-state index in [1.807, 2.05) is 24.4 Å². The minimum atomic E-state index is 0. The summed E-state index contributed by atoms with van der Waals surface area (Å²) in [5.41, 5.74) is 2.45. The molecule has 3 aromatic heterocycles. The van der Waals surface area contributed by atoms with Crippen LogP contribution in [-0.4, -0.2) is 33.8 Å². The average Bonchev–Trinajstić information content (AvgIpc) is 3.38. The molecule has 6 nitrogen and oxygen atoms in total. The normalized spacial score (nSPS) is 12.3. The lowest BCUT2D eigenvalue weighted by Crippen LogP contribution is -2.39. The first kappa shape index (κ1) is 21.4. The van der Waals surface area contributed by atoms with Crippen molar-refractivity contribution in [3.8, 4) is 5.82 Å². The topological polar surface area (TPSA) is 67.1 Å². The monoisotopic (exact) mass is 496 g/mol. The third-order valence-corrected chi connectivity index (χ3v) is 4.70. The summed E-state index contributed by atoms with van der Waals surface area (Å²) in [7, 11) is 0. The second kappa shape index (κ2) is 11.0. The van der Waals surface area contributed by atoms with Crippen molar-refractivity contribution in [3.05, 3.63) is 64.7 Å². The Morgan fingerprint density at radius 1 is 1.30 bits per heavy atom. The molecular weight excluding hydrogens is 471 g/mol. The molecule has 0 aliphatic carbocycles. The van der Waals surface area contributed by atoms with E-state index in [-0.39, 0.29) is 24.0 Å². The summed E-state index contributed by atoms with van der Waals surface area (Å²) in [5, 5.41) is 15.3. The number of hydrogen-bond acceptors (Lipinski definition) is 4. The highest BCUT2D eigenvalue weighted by molar-refractivity contribution is 14.0. The third-order valence-electron chi connectivity index (χ3n) is 4.00. The van der Waals surface area contributed by atoms with E-state index in [0.717, 1.165) is 30.4 Å². The van der Waals surface area contributed by atoms with Crippen molar-refractivity contribution in [2.45, 2.75) is 26.3 Å². The van der Waals surface area contributed by atoms with Crippen LogP contribution < -0.4 is 10.6 Å². The molecule has 3 heterocycles. The number of pyridine rings is 1. The van der Waals surface area contributed by atoms with Crippen LogP contribution in [0.4, 0.5) is 0 Å². The summed E-state index contributed by atoms with van der Waals surface area (Å²) < 4.78 is 1.75. The molecule has 0 fully saturated rings. The van der Waals surface area contributed by atoms with Crippen LogP contribution in [0.3, 0.4) is 0 Å². The van der Waals surface area contributed by atoms with Crippen molar-refractivity contribution < 1.29 is 0 Å². The molecule has 144 valence electrons. The number of aliphatic imine (C=N–C) groups is 1. The number of thiophene rings is 1. The molecule has 1 unspecified atom stereocenters. The highest BCUT2D eigenvalue weighted by Crippen LogP contribution is 2.17. The summed E-state index contributed by atoms with van der Waals surface area (Å²) in [6.45, 7) is 6.55. The first-order valence-electron chi connectivity index (χ1n) is 8.75. The van der Waals surface area contributed by atoms with Crippen LogP contribution in [0.5, 0.6) is 0 Å². The first-order chi connectivity index (χ1) is 12.8. The molecule has 0 aliphatic rings. The van der Waals surface area contributed by atoms with Crippen LogP contribution in [0.15, 0.2) is 58.6 Å².